The molecular formula is C12H7Br2F3N4. The first-order chi connectivity index (χ1) is 9.66. The summed E-state index contributed by atoms with van der Waals surface area (Å²) in [6, 6.07) is 3.81. The highest BCUT2D eigenvalue weighted by molar-refractivity contribution is 9.11. The van der Waals surface area contributed by atoms with Crippen LogP contribution in [-0.2, 0) is 6.18 Å². The minimum atomic E-state index is -4.46. The maximum absolute atomic E-state index is 12.8. The van der Waals surface area contributed by atoms with Crippen LogP contribution in [0.15, 0.2) is 21.1 Å². The molecule has 2 rings (SSSR count). The van der Waals surface area contributed by atoms with Gasteiger partial charge in [-0.15, -0.1) is 5.10 Å². The first kappa shape index (κ1) is 15.9. The van der Waals surface area contributed by atoms with Crippen LogP contribution in [-0.4, -0.2) is 9.78 Å². The zero-order valence-electron chi connectivity index (χ0n) is 10.5. The molecule has 0 aliphatic rings. The van der Waals surface area contributed by atoms with E-state index in [9.17, 15) is 13.2 Å². The van der Waals surface area contributed by atoms with E-state index in [0.29, 0.717) is 11.4 Å². The number of nitrogens with zero attached hydrogens (tertiary/aromatic N) is 3. The summed E-state index contributed by atoms with van der Waals surface area (Å²) in [5.41, 5.74) is 5.79. The zero-order chi connectivity index (χ0) is 15.9. The lowest BCUT2D eigenvalue weighted by Gasteiger charge is -2.13. The van der Waals surface area contributed by atoms with Gasteiger partial charge in [0.25, 0.3) is 0 Å². The van der Waals surface area contributed by atoms with Crippen molar-refractivity contribution >= 4 is 37.7 Å². The van der Waals surface area contributed by atoms with Gasteiger partial charge in [-0.3, -0.25) is 0 Å². The Hall–Kier alpha value is -1.53. The molecule has 1 aromatic carbocycles. The highest BCUT2D eigenvalue weighted by Gasteiger charge is 2.32. The fourth-order valence-electron chi connectivity index (χ4n) is 1.81. The number of halogens is 5. The third kappa shape index (κ3) is 2.78. The lowest BCUT2D eigenvalue weighted by molar-refractivity contribution is -0.137. The zero-order valence-corrected chi connectivity index (χ0v) is 13.6. The largest absolute Gasteiger partial charge is 0.416 e. The Morgan fingerprint density at radius 2 is 1.81 bits per heavy atom. The number of rotatable bonds is 1. The SMILES string of the molecule is Cc1c(C#N)c(N)nn1-c1c(Br)cc(C(F)(F)F)cc1Br. The molecule has 0 aliphatic heterocycles. The van der Waals surface area contributed by atoms with Gasteiger partial charge in [0, 0.05) is 8.95 Å². The van der Waals surface area contributed by atoms with Crippen molar-refractivity contribution in [3.05, 3.63) is 37.9 Å². The van der Waals surface area contributed by atoms with Crippen molar-refractivity contribution in [2.75, 3.05) is 5.73 Å². The second kappa shape index (κ2) is 5.35. The summed E-state index contributed by atoms with van der Waals surface area (Å²) >= 11 is 6.20. The molecule has 1 aromatic heterocycles. The predicted molar refractivity (Wildman–Crippen MR) is 77.8 cm³/mol. The van der Waals surface area contributed by atoms with E-state index in [-0.39, 0.29) is 20.3 Å². The molecule has 0 fully saturated rings. The fraction of sp³-hybridized carbons (Fsp3) is 0.167. The molecule has 21 heavy (non-hydrogen) atoms. The van der Waals surface area contributed by atoms with Crippen LogP contribution in [0.1, 0.15) is 16.8 Å². The van der Waals surface area contributed by atoms with Crippen molar-refractivity contribution in [3.63, 3.8) is 0 Å². The minimum absolute atomic E-state index is 0.0219. The molecule has 0 saturated carbocycles. The third-order valence-corrected chi connectivity index (χ3v) is 4.02. The maximum atomic E-state index is 12.8. The number of nitriles is 1. The standard InChI is InChI=1S/C12H7Br2F3N4/c1-5-7(4-18)11(19)20-21(5)10-8(13)2-6(3-9(10)14)12(15,16)17/h2-3H,1H3,(H2,19,20). The van der Waals surface area contributed by atoms with Gasteiger partial charge >= 0.3 is 6.18 Å². The summed E-state index contributed by atoms with van der Waals surface area (Å²) in [7, 11) is 0. The van der Waals surface area contributed by atoms with Crippen LogP contribution < -0.4 is 5.73 Å². The van der Waals surface area contributed by atoms with Crippen molar-refractivity contribution in [2.45, 2.75) is 13.1 Å². The second-order valence-electron chi connectivity index (χ2n) is 4.16. The average Bonchev–Trinajstić information content (AvgIpc) is 2.62. The van der Waals surface area contributed by atoms with Gasteiger partial charge in [-0.05, 0) is 50.9 Å². The number of alkyl halides is 3. The van der Waals surface area contributed by atoms with Crippen LogP contribution in [0.5, 0.6) is 0 Å². The van der Waals surface area contributed by atoms with Crippen LogP contribution >= 0.6 is 31.9 Å². The van der Waals surface area contributed by atoms with Gasteiger partial charge in [0.05, 0.1) is 16.9 Å². The molecule has 9 heteroatoms. The van der Waals surface area contributed by atoms with Gasteiger partial charge in [0.2, 0.25) is 0 Å². The Kier molecular flexibility index (Phi) is 4.04. The van der Waals surface area contributed by atoms with Gasteiger partial charge in [-0.1, -0.05) is 0 Å². The first-order valence-electron chi connectivity index (χ1n) is 5.48. The molecule has 4 nitrogen and oxygen atoms in total. The Morgan fingerprint density at radius 3 is 2.19 bits per heavy atom. The number of hydrogen-bond acceptors (Lipinski definition) is 3. The van der Waals surface area contributed by atoms with Crippen LogP contribution in [0.25, 0.3) is 5.69 Å². The third-order valence-electron chi connectivity index (χ3n) is 2.81. The Balaban J connectivity index is 2.70. The fourth-order valence-corrected chi connectivity index (χ4v) is 3.33. The van der Waals surface area contributed by atoms with Crippen molar-refractivity contribution in [1.82, 2.24) is 9.78 Å². The molecule has 110 valence electrons. The highest BCUT2D eigenvalue weighted by atomic mass is 79.9. The van der Waals surface area contributed by atoms with Gasteiger partial charge < -0.3 is 5.73 Å². The molecule has 0 aliphatic carbocycles. The molecule has 2 aromatic rings. The Morgan fingerprint density at radius 1 is 1.29 bits per heavy atom. The summed E-state index contributed by atoms with van der Waals surface area (Å²) in [5, 5.41) is 13.0. The minimum Gasteiger partial charge on any atom is -0.381 e. The first-order valence-corrected chi connectivity index (χ1v) is 7.07. The molecule has 0 bridgehead atoms. The van der Waals surface area contributed by atoms with Crippen molar-refractivity contribution in [3.8, 4) is 11.8 Å². The number of hydrogen-bond donors (Lipinski definition) is 1. The van der Waals surface area contributed by atoms with Gasteiger partial charge in [-0.25, -0.2) is 4.68 Å². The van der Waals surface area contributed by atoms with E-state index in [0.717, 1.165) is 12.1 Å². The van der Waals surface area contributed by atoms with E-state index < -0.39 is 11.7 Å². The van der Waals surface area contributed by atoms with Gasteiger partial charge in [-0.2, -0.15) is 18.4 Å². The van der Waals surface area contributed by atoms with Crippen molar-refractivity contribution < 1.29 is 13.2 Å². The van der Waals surface area contributed by atoms with E-state index in [2.05, 4.69) is 37.0 Å². The van der Waals surface area contributed by atoms with Gasteiger partial charge in [0.1, 0.15) is 11.6 Å². The predicted octanol–water partition coefficient (Wildman–Crippen LogP) is 4.18. The molecule has 2 N–H and O–H groups in total. The normalized spacial score (nSPS) is 11.5. The molecule has 0 unspecified atom stereocenters. The van der Waals surface area contributed by atoms with E-state index in [1.54, 1.807) is 6.92 Å². The maximum Gasteiger partial charge on any atom is 0.416 e. The van der Waals surface area contributed by atoms with Crippen molar-refractivity contribution in [2.24, 2.45) is 0 Å². The van der Waals surface area contributed by atoms with Gasteiger partial charge in [0.15, 0.2) is 5.82 Å². The summed E-state index contributed by atoms with van der Waals surface area (Å²) in [6.07, 6.45) is -4.46. The number of anilines is 1. The summed E-state index contributed by atoms with van der Waals surface area (Å²) in [5.74, 6) is 0.0219. The Bertz CT molecular complexity index is 736. The monoisotopic (exact) mass is 422 g/mol. The number of benzene rings is 1. The highest BCUT2D eigenvalue weighted by Crippen LogP contribution is 2.38. The van der Waals surface area contributed by atoms with Crippen LogP contribution in [0.4, 0.5) is 19.0 Å². The van der Waals surface area contributed by atoms with E-state index >= 15 is 0 Å². The van der Waals surface area contributed by atoms with Crippen LogP contribution in [0.2, 0.25) is 0 Å². The summed E-state index contributed by atoms with van der Waals surface area (Å²) in [4.78, 5) is 0. The van der Waals surface area contributed by atoms with Crippen LogP contribution in [0.3, 0.4) is 0 Å². The molecular weight excluding hydrogens is 417 g/mol. The number of nitrogens with two attached hydrogens (primary N) is 1. The number of aromatic nitrogens is 2. The molecule has 0 saturated heterocycles. The van der Waals surface area contributed by atoms with Crippen LogP contribution in [0, 0.1) is 18.3 Å². The summed E-state index contributed by atoms with van der Waals surface area (Å²) in [6.45, 7) is 1.61. The molecule has 0 radical (unpaired) electrons. The summed E-state index contributed by atoms with van der Waals surface area (Å²) < 4.78 is 40.0. The molecule has 0 spiro atoms. The smallest absolute Gasteiger partial charge is 0.381 e. The quantitative estimate of drug-likeness (QED) is 0.748. The van der Waals surface area contributed by atoms with E-state index in [1.165, 1.54) is 4.68 Å². The number of nitrogen functional groups attached to an aromatic ring is 1. The lowest BCUT2D eigenvalue weighted by Crippen LogP contribution is -2.08. The molecule has 0 amide bonds. The van der Waals surface area contributed by atoms with E-state index in [4.69, 9.17) is 11.0 Å². The molecule has 0 atom stereocenters. The van der Waals surface area contributed by atoms with E-state index in [1.807, 2.05) is 6.07 Å². The molecule has 1 heterocycles. The topological polar surface area (TPSA) is 67.6 Å². The Labute approximate surface area is 134 Å². The average molecular weight is 424 g/mol. The van der Waals surface area contributed by atoms with Crippen molar-refractivity contribution in [1.29, 1.82) is 5.26 Å². The lowest BCUT2D eigenvalue weighted by atomic mass is 10.2. The second-order valence-corrected chi connectivity index (χ2v) is 5.86.